The molecule has 2 heterocycles. The Balaban J connectivity index is 1.97. The van der Waals surface area contributed by atoms with Gasteiger partial charge in [-0.25, -0.2) is 9.97 Å². The highest BCUT2D eigenvalue weighted by Gasteiger charge is 2.16. The Morgan fingerprint density at radius 2 is 2.04 bits per heavy atom. The lowest BCUT2D eigenvalue weighted by atomic mass is 10.1. The Hall–Kier alpha value is -3.17. The van der Waals surface area contributed by atoms with Crippen LogP contribution in [0.1, 0.15) is 18.1 Å². The first-order chi connectivity index (χ1) is 12.6. The summed E-state index contributed by atoms with van der Waals surface area (Å²) in [5, 5.41) is 9.23. The zero-order valence-corrected chi connectivity index (χ0v) is 14.9. The largest absolute Gasteiger partial charge is 0.440 e. The van der Waals surface area contributed by atoms with Gasteiger partial charge in [0.1, 0.15) is 5.75 Å². The highest BCUT2D eigenvalue weighted by Crippen LogP contribution is 2.31. The molecule has 2 N–H and O–H groups in total. The van der Waals surface area contributed by atoms with Crippen LogP contribution in [-0.4, -0.2) is 35.0 Å². The van der Waals surface area contributed by atoms with Crippen LogP contribution in [0.4, 0.5) is 0 Å². The van der Waals surface area contributed by atoms with Crippen LogP contribution < -0.4 is 10.5 Å². The molecule has 6 nitrogen and oxygen atoms in total. The van der Waals surface area contributed by atoms with Crippen molar-refractivity contribution in [2.24, 2.45) is 5.73 Å². The molecule has 3 rings (SSSR count). The first-order valence-corrected chi connectivity index (χ1v) is 8.42. The Labute approximate surface area is 153 Å². The predicted molar refractivity (Wildman–Crippen MR) is 100 cm³/mol. The second-order valence-electron chi connectivity index (χ2n) is 6.25. The summed E-state index contributed by atoms with van der Waals surface area (Å²) in [7, 11) is 1.97. The summed E-state index contributed by atoms with van der Waals surface area (Å²) < 4.78 is 6.11. The van der Waals surface area contributed by atoms with E-state index >= 15 is 0 Å². The van der Waals surface area contributed by atoms with Crippen molar-refractivity contribution in [3.05, 3.63) is 65.3 Å². The van der Waals surface area contributed by atoms with Crippen LogP contribution in [0.15, 0.2) is 54.2 Å². The maximum Gasteiger partial charge on any atom is 0.196 e. The lowest BCUT2D eigenvalue weighted by Gasteiger charge is -2.26. The van der Waals surface area contributed by atoms with E-state index < -0.39 is 0 Å². The molecule has 6 heteroatoms. The maximum absolute atomic E-state index is 9.23. The van der Waals surface area contributed by atoms with Crippen molar-refractivity contribution >= 4 is 0 Å². The molecular formula is C20H21N5O. The van der Waals surface area contributed by atoms with Gasteiger partial charge in [0.05, 0.1) is 17.2 Å². The number of nitrogens with two attached hydrogens (primary N) is 1. The quantitative estimate of drug-likeness (QED) is 0.894. The van der Waals surface area contributed by atoms with Crippen LogP contribution in [0.3, 0.4) is 0 Å². The van der Waals surface area contributed by atoms with Crippen molar-refractivity contribution in [2.75, 3.05) is 20.1 Å². The van der Waals surface area contributed by atoms with Crippen molar-refractivity contribution in [3.8, 4) is 23.2 Å². The van der Waals surface area contributed by atoms with Gasteiger partial charge in [0.15, 0.2) is 11.7 Å². The van der Waals surface area contributed by atoms with Gasteiger partial charge in [-0.3, -0.25) is 0 Å². The second-order valence-corrected chi connectivity index (χ2v) is 6.25. The molecule has 0 bridgehead atoms. The van der Waals surface area contributed by atoms with E-state index in [0.29, 0.717) is 29.6 Å². The molecule has 0 amide bonds. The van der Waals surface area contributed by atoms with E-state index in [0.717, 1.165) is 24.1 Å². The summed E-state index contributed by atoms with van der Waals surface area (Å²) in [4.78, 5) is 10.9. The number of nitriles is 1. The average Bonchev–Trinajstić information content (AvgIpc) is 2.65. The minimum atomic E-state index is 0.522. The number of rotatable bonds is 5. The van der Waals surface area contributed by atoms with Gasteiger partial charge in [-0.05, 0) is 49.7 Å². The van der Waals surface area contributed by atoms with Crippen LogP contribution in [-0.2, 0) is 6.42 Å². The molecule has 1 aliphatic rings. The van der Waals surface area contributed by atoms with Gasteiger partial charge >= 0.3 is 0 Å². The van der Waals surface area contributed by atoms with Crippen molar-refractivity contribution in [1.29, 1.82) is 5.26 Å². The third-order valence-electron chi connectivity index (χ3n) is 4.08. The maximum atomic E-state index is 9.23. The zero-order valence-electron chi connectivity index (χ0n) is 14.9. The Bertz CT molecular complexity index is 893. The van der Waals surface area contributed by atoms with E-state index in [1.54, 1.807) is 24.5 Å². The van der Waals surface area contributed by atoms with Crippen molar-refractivity contribution in [3.63, 3.8) is 0 Å². The van der Waals surface area contributed by atoms with Crippen molar-refractivity contribution in [1.82, 2.24) is 14.9 Å². The van der Waals surface area contributed by atoms with Crippen LogP contribution in [0.5, 0.6) is 5.75 Å². The standard InChI is InChI=1S/C20H21N5O/c1-14-3-6-19(25(2)13-14)26-18-9-15(10-22)4-5-17(18)20-23-11-16(7-8-21)12-24-20/h3-6,9,11-12H,7-8,13,21H2,1-2H3. The minimum Gasteiger partial charge on any atom is -0.440 e. The highest BCUT2D eigenvalue weighted by molar-refractivity contribution is 5.66. The van der Waals surface area contributed by atoms with Crippen LogP contribution in [0.25, 0.3) is 11.4 Å². The van der Waals surface area contributed by atoms with Gasteiger partial charge in [-0.15, -0.1) is 0 Å². The molecule has 1 aromatic heterocycles. The SMILES string of the molecule is CC1=CC=C(Oc2cc(C#N)ccc2-c2ncc(CCN)cn2)N(C)C1. The molecule has 0 atom stereocenters. The lowest BCUT2D eigenvalue weighted by molar-refractivity contribution is 0.258. The fourth-order valence-electron chi connectivity index (χ4n) is 2.72. The van der Waals surface area contributed by atoms with Gasteiger partial charge < -0.3 is 15.4 Å². The minimum absolute atomic E-state index is 0.522. The predicted octanol–water partition coefficient (Wildman–Crippen LogP) is 2.63. The molecule has 0 saturated heterocycles. The van der Waals surface area contributed by atoms with Gasteiger partial charge in [0.25, 0.3) is 0 Å². The number of likely N-dealkylation sites (N-methyl/N-ethyl adjacent to an activating group) is 1. The second kappa shape index (κ2) is 7.81. The normalized spacial score (nSPS) is 13.7. The number of benzene rings is 1. The Morgan fingerprint density at radius 1 is 1.27 bits per heavy atom. The third kappa shape index (κ3) is 3.90. The smallest absolute Gasteiger partial charge is 0.196 e. The third-order valence-corrected chi connectivity index (χ3v) is 4.08. The van der Waals surface area contributed by atoms with Crippen LogP contribution in [0, 0.1) is 11.3 Å². The van der Waals surface area contributed by atoms with E-state index in [1.165, 1.54) is 5.57 Å². The molecule has 1 aromatic carbocycles. The van der Waals surface area contributed by atoms with E-state index in [-0.39, 0.29) is 0 Å². The molecule has 0 spiro atoms. The van der Waals surface area contributed by atoms with Gasteiger partial charge in [-0.2, -0.15) is 5.26 Å². The molecule has 2 aromatic rings. The molecule has 1 aliphatic heterocycles. The fraction of sp³-hybridized carbons (Fsp3) is 0.250. The zero-order chi connectivity index (χ0) is 18.5. The Kier molecular flexibility index (Phi) is 5.30. The number of allylic oxidation sites excluding steroid dienone is 2. The topological polar surface area (TPSA) is 88.1 Å². The van der Waals surface area contributed by atoms with Crippen molar-refractivity contribution < 1.29 is 4.74 Å². The van der Waals surface area contributed by atoms with E-state index in [1.807, 2.05) is 30.2 Å². The first-order valence-electron chi connectivity index (χ1n) is 8.42. The lowest BCUT2D eigenvalue weighted by Crippen LogP contribution is -2.25. The number of aromatic nitrogens is 2. The molecule has 0 saturated carbocycles. The molecule has 132 valence electrons. The molecule has 0 aliphatic carbocycles. The number of hydrogen-bond acceptors (Lipinski definition) is 6. The summed E-state index contributed by atoms with van der Waals surface area (Å²) in [5.41, 5.74) is 9.08. The summed E-state index contributed by atoms with van der Waals surface area (Å²) in [6.45, 7) is 3.42. The summed E-state index contributed by atoms with van der Waals surface area (Å²) >= 11 is 0. The number of ether oxygens (including phenoxy) is 1. The fourth-order valence-corrected chi connectivity index (χ4v) is 2.72. The molecule has 0 unspecified atom stereocenters. The molecule has 0 fully saturated rings. The van der Waals surface area contributed by atoms with E-state index in [4.69, 9.17) is 10.5 Å². The Morgan fingerprint density at radius 3 is 2.69 bits per heavy atom. The summed E-state index contributed by atoms with van der Waals surface area (Å²) in [6.07, 6.45) is 8.24. The average molecular weight is 347 g/mol. The van der Waals surface area contributed by atoms with Gasteiger partial charge in [-0.1, -0.05) is 11.6 Å². The van der Waals surface area contributed by atoms with E-state index in [2.05, 4.69) is 23.0 Å². The highest BCUT2D eigenvalue weighted by atomic mass is 16.5. The monoisotopic (exact) mass is 347 g/mol. The first kappa shape index (κ1) is 17.6. The molecule has 26 heavy (non-hydrogen) atoms. The molecule has 0 radical (unpaired) electrons. The van der Waals surface area contributed by atoms with Crippen LogP contribution >= 0.6 is 0 Å². The summed E-state index contributed by atoms with van der Waals surface area (Å²) in [5.74, 6) is 1.82. The number of hydrogen-bond donors (Lipinski definition) is 1. The summed E-state index contributed by atoms with van der Waals surface area (Å²) in [6, 6.07) is 7.42. The van der Waals surface area contributed by atoms with Crippen molar-refractivity contribution in [2.45, 2.75) is 13.3 Å². The number of nitrogens with zero attached hydrogens (tertiary/aromatic N) is 4. The van der Waals surface area contributed by atoms with E-state index in [9.17, 15) is 5.26 Å². The van der Waals surface area contributed by atoms with Gasteiger partial charge in [0, 0.05) is 26.0 Å². The molecular weight excluding hydrogens is 326 g/mol. The van der Waals surface area contributed by atoms with Gasteiger partial charge in [0.2, 0.25) is 0 Å². The van der Waals surface area contributed by atoms with Crippen LogP contribution in [0.2, 0.25) is 0 Å².